The molecule has 1 aromatic heterocycles. The number of methoxy groups -OCH3 is 1. The van der Waals surface area contributed by atoms with Crippen molar-refractivity contribution < 1.29 is 9.26 Å². The van der Waals surface area contributed by atoms with Gasteiger partial charge in [-0.05, 0) is 60.7 Å². The molecule has 1 unspecified atom stereocenters. The van der Waals surface area contributed by atoms with Crippen LogP contribution in [0.3, 0.4) is 0 Å². The van der Waals surface area contributed by atoms with E-state index in [9.17, 15) is 0 Å². The Balaban J connectivity index is 1.70. The van der Waals surface area contributed by atoms with E-state index in [0.717, 1.165) is 30.4 Å². The summed E-state index contributed by atoms with van der Waals surface area (Å²) >= 11 is 6.01. The first-order valence-electron chi connectivity index (χ1n) is 8.22. The second-order valence-electron chi connectivity index (χ2n) is 6.18. The Bertz CT molecular complexity index is 923. The Hall–Kier alpha value is -2.37. The smallest absolute Gasteiger partial charge is 0.258 e. The lowest BCUT2D eigenvalue weighted by atomic mass is 9.87. The van der Waals surface area contributed by atoms with Crippen LogP contribution in [0.2, 0.25) is 5.02 Å². The summed E-state index contributed by atoms with van der Waals surface area (Å²) in [6.07, 6.45) is 3.17. The Morgan fingerprint density at radius 1 is 1.24 bits per heavy atom. The molecule has 0 amide bonds. The molecular formula is C19H18ClN3O2. The Morgan fingerprint density at radius 3 is 2.96 bits per heavy atom. The van der Waals surface area contributed by atoms with Gasteiger partial charge in [0.05, 0.1) is 12.7 Å². The van der Waals surface area contributed by atoms with Gasteiger partial charge in [0.25, 0.3) is 5.89 Å². The number of nitrogens with zero attached hydrogens (tertiary/aromatic N) is 2. The largest absolute Gasteiger partial charge is 0.496 e. The molecule has 4 rings (SSSR count). The highest BCUT2D eigenvalue weighted by atomic mass is 35.5. The molecule has 0 saturated carbocycles. The van der Waals surface area contributed by atoms with E-state index in [4.69, 9.17) is 26.6 Å². The van der Waals surface area contributed by atoms with Gasteiger partial charge in [-0.1, -0.05) is 22.8 Å². The molecule has 0 saturated heterocycles. The van der Waals surface area contributed by atoms with Gasteiger partial charge in [-0.2, -0.15) is 4.98 Å². The zero-order valence-electron chi connectivity index (χ0n) is 13.8. The molecule has 1 atom stereocenters. The highest BCUT2D eigenvalue weighted by Gasteiger charge is 2.19. The molecule has 6 heteroatoms. The molecule has 0 aliphatic heterocycles. The van der Waals surface area contributed by atoms with Crippen molar-refractivity contribution in [1.29, 1.82) is 0 Å². The molecule has 3 aromatic rings. The molecule has 1 aliphatic carbocycles. The molecule has 1 heterocycles. The van der Waals surface area contributed by atoms with Crippen molar-refractivity contribution in [3.63, 3.8) is 0 Å². The van der Waals surface area contributed by atoms with Crippen LogP contribution >= 0.6 is 11.6 Å². The predicted molar refractivity (Wildman–Crippen MR) is 96.6 cm³/mol. The summed E-state index contributed by atoms with van der Waals surface area (Å²) in [7, 11) is 1.59. The number of aromatic nitrogens is 2. The molecule has 2 N–H and O–H groups in total. The van der Waals surface area contributed by atoms with E-state index in [-0.39, 0.29) is 6.04 Å². The van der Waals surface area contributed by atoms with Gasteiger partial charge in [0, 0.05) is 16.6 Å². The zero-order valence-corrected chi connectivity index (χ0v) is 14.6. The van der Waals surface area contributed by atoms with Gasteiger partial charge in [0.2, 0.25) is 5.82 Å². The predicted octanol–water partition coefficient (Wildman–Crippen LogP) is 4.40. The fourth-order valence-corrected chi connectivity index (χ4v) is 3.45. The highest BCUT2D eigenvalue weighted by Crippen LogP contribution is 2.34. The maximum atomic E-state index is 6.18. The second-order valence-corrected chi connectivity index (χ2v) is 6.62. The quantitative estimate of drug-likeness (QED) is 0.753. The van der Waals surface area contributed by atoms with Crippen LogP contribution in [0, 0.1) is 0 Å². The third kappa shape index (κ3) is 3.01. The molecule has 0 radical (unpaired) electrons. The van der Waals surface area contributed by atoms with Crippen LogP contribution in [0.25, 0.3) is 22.8 Å². The number of nitrogens with two attached hydrogens (primary N) is 1. The summed E-state index contributed by atoms with van der Waals surface area (Å²) in [4.78, 5) is 4.52. The molecule has 1 aliphatic rings. The lowest BCUT2D eigenvalue weighted by Crippen LogP contribution is -2.17. The lowest BCUT2D eigenvalue weighted by Gasteiger charge is -2.22. The van der Waals surface area contributed by atoms with Crippen LogP contribution in [-0.4, -0.2) is 17.3 Å². The summed E-state index contributed by atoms with van der Waals surface area (Å²) in [5.41, 5.74) is 10.3. The van der Waals surface area contributed by atoms with Crippen LogP contribution in [-0.2, 0) is 6.42 Å². The van der Waals surface area contributed by atoms with Crippen molar-refractivity contribution in [3.05, 3.63) is 52.5 Å². The maximum Gasteiger partial charge on any atom is 0.258 e. The van der Waals surface area contributed by atoms with Crippen molar-refractivity contribution in [1.82, 2.24) is 10.1 Å². The topological polar surface area (TPSA) is 74.2 Å². The number of ether oxygens (including phenoxy) is 1. The summed E-state index contributed by atoms with van der Waals surface area (Å²) in [6.45, 7) is 0. The van der Waals surface area contributed by atoms with Crippen LogP contribution in [0.15, 0.2) is 40.9 Å². The van der Waals surface area contributed by atoms with E-state index in [1.807, 2.05) is 12.1 Å². The number of aryl methyl sites for hydroxylation is 1. The minimum Gasteiger partial charge on any atom is -0.496 e. The Kier molecular flexibility index (Phi) is 4.19. The SMILES string of the molecule is COc1cc(Cl)ccc1-c1noc(-c2ccc3c(c2)CCCC3N)n1. The third-order valence-electron chi connectivity index (χ3n) is 4.58. The summed E-state index contributed by atoms with van der Waals surface area (Å²) in [5, 5.41) is 4.69. The average molecular weight is 356 g/mol. The monoisotopic (exact) mass is 355 g/mol. The fourth-order valence-electron chi connectivity index (χ4n) is 3.28. The van der Waals surface area contributed by atoms with Crippen LogP contribution in [0.5, 0.6) is 5.75 Å². The maximum absolute atomic E-state index is 6.18. The molecule has 0 fully saturated rings. The molecule has 0 spiro atoms. The Morgan fingerprint density at radius 2 is 2.12 bits per heavy atom. The number of hydrogen-bond acceptors (Lipinski definition) is 5. The van der Waals surface area contributed by atoms with E-state index < -0.39 is 0 Å². The number of fused-ring (bicyclic) bond motifs is 1. The van der Waals surface area contributed by atoms with E-state index in [1.54, 1.807) is 19.2 Å². The Labute approximate surface area is 150 Å². The molecule has 5 nitrogen and oxygen atoms in total. The minimum absolute atomic E-state index is 0.120. The van der Waals surface area contributed by atoms with Gasteiger partial charge in [-0.3, -0.25) is 0 Å². The second kappa shape index (κ2) is 6.50. The number of hydrogen-bond donors (Lipinski definition) is 1. The van der Waals surface area contributed by atoms with Crippen molar-refractivity contribution in [2.24, 2.45) is 5.73 Å². The van der Waals surface area contributed by atoms with Gasteiger partial charge < -0.3 is 15.0 Å². The van der Waals surface area contributed by atoms with Gasteiger partial charge in [-0.25, -0.2) is 0 Å². The first kappa shape index (κ1) is 16.1. The van der Waals surface area contributed by atoms with Gasteiger partial charge in [0.15, 0.2) is 0 Å². The molecule has 128 valence electrons. The van der Waals surface area contributed by atoms with Crippen LogP contribution in [0.1, 0.15) is 30.0 Å². The van der Waals surface area contributed by atoms with Gasteiger partial charge in [-0.15, -0.1) is 0 Å². The summed E-state index contributed by atoms with van der Waals surface area (Å²) < 4.78 is 10.8. The molecule has 25 heavy (non-hydrogen) atoms. The number of benzene rings is 2. The van der Waals surface area contributed by atoms with Crippen molar-refractivity contribution >= 4 is 11.6 Å². The highest BCUT2D eigenvalue weighted by molar-refractivity contribution is 6.30. The van der Waals surface area contributed by atoms with Gasteiger partial charge in [0.1, 0.15) is 5.75 Å². The van der Waals surface area contributed by atoms with Gasteiger partial charge >= 0.3 is 0 Å². The van der Waals surface area contributed by atoms with Crippen LogP contribution < -0.4 is 10.5 Å². The first-order chi connectivity index (χ1) is 12.2. The van der Waals surface area contributed by atoms with E-state index >= 15 is 0 Å². The average Bonchev–Trinajstić information content (AvgIpc) is 3.11. The van der Waals surface area contributed by atoms with E-state index in [1.165, 1.54) is 11.1 Å². The fraction of sp³-hybridized carbons (Fsp3) is 0.263. The molecular weight excluding hydrogens is 338 g/mol. The van der Waals surface area contributed by atoms with Crippen molar-refractivity contribution in [2.75, 3.05) is 7.11 Å². The van der Waals surface area contributed by atoms with Crippen LogP contribution in [0.4, 0.5) is 0 Å². The third-order valence-corrected chi connectivity index (χ3v) is 4.82. The summed E-state index contributed by atoms with van der Waals surface area (Å²) in [5.74, 6) is 1.56. The molecule has 0 bridgehead atoms. The standard InChI is InChI=1S/C19H18ClN3O2/c1-24-17-10-13(20)6-8-15(17)18-22-19(25-23-18)12-5-7-14-11(9-12)3-2-4-16(14)21/h5-10,16H,2-4,21H2,1H3. The van der Waals surface area contributed by atoms with Crippen molar-refractivity contribution in [2.45, 2.75) is 25.3 Å². The summed E-state index contributed by atoms with van der Waals surface area (Å²) in [6, 6.07) is 11.6. The first-order valence-corrected chi connectivity index (χ1v) is 8.60. The minimum atomic E-state index is 0.120. The molecule has 2 aromatic carbocycles. The van der Waals surface area contributed by atoms with E-state index in [0.29, 0.717) is 22.5 Å². The number of rotatable bonds is 3. The lowest BCUT2D eigenvalue weighted by molar-refractivity contribution is 0.413. The zero-order chi connectivity index (χ0) is 17.4. The van der Waals surface area contributed by atoms with E-state index in [2.05, 4.69) is 22.3 Å². The van der Waals surface area contributed by atoms with Crippen molar-refractivity contribution in [3.8, 4) is 28.6 Å². The normalized spacial score (nSPS) is 16.5. The number of halogens is 1.